The van der Waals surface area contributed by atoms with Gasteiger partial charge in [-0.05, 0) is 37.3 Å². The van der Waals surface area contributed by atoms with Crippen molar-refractivity contribution in [2.24, 2.45) is 0 Å². The predicted molar refractivity (Wildman–Crippen MR) is 100 cm³/mol. The summed E-state index contributed by atoms with van der Waals surface area (Å²) in [5, 5.41) is 2.44. The molecule has 0 aliphatic carbocycles. The van der Waals surface area contributed by atoms with Crippen molar-refractivity contribution in [1.29, 1.82) is 0 Å². The van der Waals surface area contributed by atoms with E-state index in [0.717, 1.165) is 12.0 Å². The Balaban J connectivity index is 0. The van der Waals surface area contributed by atoms with Gasteiger partial charge in [0.05, 0.1) is 20.3 Å². The lowest BCUT2D eigenvalue weighted by Gasteiger charge is -2.18. The van der Waals surface area contributed by atoms with Crippen molar-refractivity contribution >= 4 is 12.1 Å². The van der Waals surface area contributed by atoms with Gasteiger partial charge in [-0.3, -0.25) is 5.32 Å². The highest BCUT2D eigenvalue weighted by Crippen LogP contribution is 2.17. The highest BCUT2D eigenvalue weighted by atomic mass is 16.6. The van der Waals surface area contributed by atoms with Gasteiger partial charge in [-0.2, -0.15) is 0 Å². The smallest absolute Gasteiger partial charge is 0.412 e. The van der Waals surface area contributed by atoms with E-state index in [1.54, 1.807) is 6.92 Å². The van der Waals surface area contributed by atoms with Crippen LogP contribution in [0.15, 0.2) is 36.1 Å². The second-order valence-corrected chi connectivity index (χ2v) is 4.94. The van der Waals surface area contributed by atoms with E-state index in [2.05, 4.69) is 30.1 Å². The third kappa shape index (κ3) is 12.9. The lowest BCUT2D eigenvalue weighted by Crippen LogP contribution is -2.31. The van der Waals surface area contributed by atoms with Crippen LogP contribution in [-0.2, 0) is 19.0 Å². The molecule has 0 saturated carbocycles. The number of nitrogens with one attached hydrogen (secondary N) is 1. The van der Waals surface area contributed by atoms with Crippen LogP contribution in [0.5, 0.6) is 0 Å². The summed E-state index contributed by atoms with van der Waals surface area (Å²) in [4.78, 5) is 23.2. The Morgan fingerprint density at radius 3 is 2.20 bits per heavy atom. The zero-order valence-electron chi connectivity index (χ0n) is 16.3. The fourth-order valence-corrected chi connectivity index (χ4v) is 1.58. The molecule has 0 aromatic heterocycles. The van der Waals surface area contributed by atoms with Crippen LogP contribution < -0.4 is 5.32 Å². The molecular formula is C19H33NO5. The molecular weight excluding hydrogens is 322 g/mol. The molecule has 1 fully saturated rings. The van der Waals surface area contributed by atoms with Crippen LogP contribution in [0.2, 0.25) is 0 Å². The normalized spacial score (nSPS) is 12.3. The van der Waals surface area contributed by atoms with Crippen LogP contribution >= 0.6 is 0 Å². The Kier molecular flexibility index (Phi) is 16.9. The van der Waals surface area contributed by atoms with E-state index in [1.165, 1.54) is 7.11 Å². The molecule has 1 saturated heterocycles. The number of alkyl carbamates (subject to hydrolysis) is 1. The molecule has 1 heterocycles. The molecule has 0 bridgehead atoms. The summed E-state index contributed by atoms with van der Waals surface area (Å²) in [7, 11) is 1.27. The number of rotatable bonds is 5. The zero-order chi connectivity index (χ0) is 19.7. The lowest BCUT2D eigenvalue weighted by atomic mass is 10.1. The fourth-order valence-electron chi connectivity index (χ4n) is 1.58. The topological polar surface area (TPSA) is 73.9 Å². The van der Waals surface area contributed by atoms with Crippen molar-refractivity contribution in [3.05, 3.63) is 36.1 Å². The second-order valence-electron chi connectivity index (χ2n) is 4.94. The Morgan fingerprint density at radius 1 is 1.28 bits per heavy atom. The highest BCUT2D eigenvalue weighted by Gasteiger charge is 2.21. The average Bonchev–Trinajstić information content (AvgIpc) is 2.66. The van der Waals surface area contributed by atoms with Crippen molar-refractivity contribution < 1.29 is 23.8 Å². The molecule has 0 unspecified atom stereocenters. The monoisotopic (exact) mass is 355 g/mol. The number of esters is 1. The van der Waals surface area contributed by atoms with Gasteiger partial charge in [0.1, 0.15) is 12.3 Å². The maximum Gasteiger partial charge on any atom is 0.412 e. The van der Waals surface area contributed by atoms with Crippen molar-refractivity contribution in [3.63, 3.8) is 0 Å². The molecule has 1 aliphatic rings. The Bertz CT molecular complexity index is 447. The van der Waals surface area contributed by atoms with Crippen LogP contribution in [0.25, 0.3) is 0 Å². The minimum atomic E-state index is -0.692. The van der Waals surface area contributed by atoms with Crippen molar-refractivity contribution in [1.82, 2.24) is 5.32 Å². The van der Waals surface area contributed by atoms with Gasteiger partial charge in [0.15, 0.2) is 0 Å². The molecule has 6 nitrogen and oxygen atoms in total. The predicted octanol–water partition coefficient (Wildman–Crippen LogP) is 4.13. The minimum Gasteiger partial charge on any atom is -0.464 e. The third-order valence-corrected chi connectivity index (χ3v) is 2.80. The van der Waals surface area contributed by atoms with Crippen molar-refractivity contribution in [2.75, 3.05) is 26.9 Å². The number of carbonyl (C=O) groups is 2. The summed E-state index contributed by atoms with van der Waals surface area (Å²) in [6.45, 7) is 16.1. The number of amides is 1. The van der Waals surface area contributed by atoms with Gasteiger partial charge in [0, 0.05) is 0 Å². The highest BCUT2D eigenvalue weighted by molar-refractivity contribution is 5.93. The van der Waals surface area contributed by atoms with Crippen molar-refractivity contribution in [3.8, 4) is 0 Å². The Labute approximate surface area is 151 Å². The Morgan fingerprint density at radius 2 is 1.80 bits per heavy atom. The van der Waals surface area contributed by atoms with E-state index in [1.807, 2.05) is 19.9 Å². The molecule has 1 aliphatic heterocycles. The first kappa shape index (κ1) is 25.2. The third-order valence-electron chi connectivity index (χ3n) is 2.80. The number of methoxy groups -OCH3 is 1. The fraction of sp³-hybridized carbons (Fsp3) is 0.579. The molecule has 1 N–H and O–H groups in total. The van der Waals surface area contributed by atoms with E-state index in [4.69, 9.17) is 9.47 Å². The maximum absolute atomic E-state index is 11.7. The zero-order valence-corrected chi connectivity index (χ0v) is 16.3. The number of hydrogen-bond donors (Lipinski definition) is 1. The quantitative estimate of drug-likeness (QED) is 0.456. The van der Waals surface area contributed by atoms with Crippen molar-refractivity contribution in [2.45, 2.75) is 47.0 Å². The second kappa shape index (κ2) is 16.8. The van der Waals surface area contributed by atoms with Crippen LogP contribution in [0, 0.1) is 0 Å². The average molecular weight is 355 g/mol. The molecule has 1 amide bonds. The minimum absolute atomic E-state index is 0.110. The molecule has 144 valence electrons. The first-order chi connectivity index (χ1) is 12.0. The summed E-state index contributed by atoms with van der Waals surface area (Å²) in [5.74, 6) is -0.579. The first-order valence-corrected chi connectivity index (χ1v) is 8.53. The van der Waals surface area contributed by atoms with Gasteiger partial charge in [-0.1, -0.05) is 33.4 Å². The maximum atomic E-state index is 11.7. The summed E-state index contributed by atoms with van der Waals surface area (Å²) in [5.41, 5.74) is 1.68. The largest absolute Gasteiger partial charge is 0.464 e. The number of hydrogen-bond acceptors (Lipinski definition) is 5. The molecule has 0 atom stereocenters. The standard InChI is InChI=1S/C13H19NO5.C4H8.C2H6/c1-9(2)8-19-13(16)14-11(12(15)17-3)10-4-6-18-7-5-10;1-3-4-2;1-2/h1,4-8H2,2-3H3,(H,14,16);3H,1,4H2,2H3;1-2H3. The number of carbonyl (C=O) groups excluding carboxylic acids is 2. The summed E-state index contributed by atoms with van der Waals surface area (Å²) in [6.07, 6.45) is 3.44. The lowest BCUT2D eigenvalue weighted by molar-refractivity contribution is -0.136. The molecule has 0 radical (unpaired) electrons. The van der Waals surface area contributed by atoms with Gasteiger partial charge in [0.25, 0.3) is 0 Å². The molecule has 1 rings (SSSR count). The van der Waals surface area contributed by atoms with Gasteiger partial charge in [0.2, 0.25) is 0 Å². The van der Waals surface area contributed by atoms with Crippen LogP contribution in [0.4, 0.5) is 4.79 Å². The summed E-state index contributed by atoms with van der Waals surface area (Å²) < 4.78 is 14.8. The van der Waals surface area contributed by atoms with Crippen LogP contribution in [-0.4, -0.2) is 39.0 Å². The first-order valence-electron chi connectivity index (χ1n) is 8.53. The number of allylic oxidation sites excluding steroid dienone is 1. The molecule has 0 aromatic carbocycles. The molecule has 25 heavy (non-hydrogen) atoms. The van der Waals surface area contributed by atoms with Gasteiger partial charge in [-0.25, -0.2) is 9.59 Å². The van der Waals surface area contributed by atoms with E-state index >= 15 is 0 Å². The van der Waals surface area contributed by atoms with Gasteiger partial charge >= 0.3 is 12.1 Å². The van der Waals surface area contributed by atoms with E-state index in [0.29, 0.717) is 31.6 Å². The molecule has 0 aromatic rings. The number of ether oxygens (including phenoxy) is 3. The SMILES string of the molecule is C=C(C)COC(=O)NC(C(=O)OC)=C1CCOCC1.C=CCC.CC. The van der Waals surface area contributed by atoms with E-state index in [9.17, 15) is 9.59 Å². The van der Waals surface area contributed by atoms with E-state index in [-0.39, 0.29) is 12.3 Å². The Hall–Kier alpha value is -2.08. The van der Waals surface area contributed by atoms with Gasteiger partial charge in [-0.15, -0.1) is 6.58 Å². The summed E-state index contributed by atoms with van der Waals surface area (Å²) >= 11 is 0. The van der Waals surface area contributed by atoms with Crippen LogP contribution in [0.3, 0.4) is 0 Å². The van der Waals surface area contributed by atoms with Gasteiger partial charge < -0.3 is 14.2 Å². The van der Waals surface area contributed by atoms with E-state index < -0.39 is 12.1 Å². The molecule has 6 heteroatoms. The van der Waals surface area contributed by atoms with Crippen LogP contribution in [0.1, 0.15) is 47.0 Å². The molecule has 0 spiro atoms. The summed E-state index contributed by atoms with van der Waals surface area (Å²) in [6, 6.07) is 0.